The van der Waals surface area contributed by atoms with Crippen molar-refractivity contribution in [2.24, 2.45) is 7.05 Å². The van der Waals surface area contributed by atoms with E-state index in [2.05, 4.69) is 29.2 Å². The maximum absolute atomic E-state index is 13.7. The van der Waals surface area contributed by atoms with Gasteiger partial charge in [-0.3, -0.25) is 19.4 Å². The van der Waals surface area contributed by atoms with Crippen molar-refractivity contribution in [3.8, 4) is 0 Å². The third-order valence-electron chi connectivity index (χ3n) is 5.85. The fraction of sp³-hybridized carbons (Fsp3) is 0.455. The Morgan fingerprint density at radius 2 is 2.03 bits per heavy atom. The van der Waals surface area contributed by atoms with Gasteiger partial charge in [-0.1, -0.05) is 30.2 Å². The fourth-order valence-electron chi connectivity index (χ4n) is 4.53. The Bertz CT molecular complexity index is 970. The average molecular weight is 430 g/mol. The molecule has 1 saturated heterocycles. The molecule has 0 radical (unpaired) electrons. The van der Waals surface area contributed by atoms with Crippen LogP contribution in [0.3, 0.4) is 0 Å². The van der Waals surface area contributed by atoms with Crippen molar-refractivity contribution >= 4 is 40.5 Å². The van der Waals surface area contributed by atoms with E-state index >= 15 is 0 Å². The molecule has 3 heterocycles. The monoisotopic (exact) mass is 429 g/mol. The van der Waals surface area contributed by atoms with E-state index in [4.69, 9.17) is 11.6 Å². The predicted octanol–water partition coefficient (Wildman–Crippen LogP) is 3.33. The van der Waals surface area contributed by atoms with Gasteiger partial charge in [0.15, 0.2) is 0 Å². The molecule has 7 nitrogen and oxygen atoms in total. The zero-order valence-corrected chi connectivity index (χ0v) is 18.4. The minimum atomic E-state index is -0.273. The molecule has 0 spiro atoms. The number of hydrogen-bond acceptors (Lipinski definition) is 4. The minimum Gasteiger partial charge on any atom is -0.343 e. The summed E-state index contributed by atoms with van der Waals surface area (Å²) in [5.74, 6) is -0.357. The summed E-state index contributed by atoms with van der Waals surface area (Å²) in [5, 5.41) is 3.31. The van der Waals surface area contributed by atoms with Gasteiger partial charge in [-0.05, 0) is 45.6 Å². The van der Waals surface area contributed by atoms with Crippen LogP contribution in [0.15, 0.2) is 30.5 Å². The van der Waals surface area contributed by atoms with Gasteiger partial charge < -0.3 is 14.8 Å². The van der Waals surface area contributed by atoms with Crippen LogP contribution in [0.1, 0.15) is 29.8 Å². The Balaban J connectivity index is 1.73. The lowest BCUT2D eigenvalue weighted by Crippen LogP contribution is -2.49. The van der Waals surface area contributed by atoms with Crippen LogP contribution in [0.4, 0.5) is 17.1 Å². The molecular formula is C22H28ClN5O2. The number of likely N-dealkylation sites (tertiary alicyclic amines) is 1. The molecule has 4 rings (SSSR count). The number of fused-ring (bicyclic) bond motifs is 2. The molecule has 1 aromatic carbocycles. The normalized spacial score (nSPS) is 19.3. The second-order valence-corrected chi connectivity index (χ2v) is 8.78. The van der Waals surface area contributed by atoms with E-state index in [9.17, 15) is 9.59 Å². The number of piperidine rings is 1. The Morgan fingerprint density at radius 1 is 1.27 bits per heavy atom. The largest absolute Gasteiger partial charge is 0.343 e. The molecule has 2 amide bonds. The fourth-order valence-corrected chi connectivity index (χ4v) is 4.85. The lowest BCUT2D eigenvalue weighted by Gasteiger charge is -2.37. The number of carbonyl (C=O) groups is 2. The number of aryl methyl sites for hydroxylation is 1. The lowest BCUT2D eigenvalue weighted by atomic mass is 10.0. The van der Waals surface area contributed by atoms with Gasteiger partial charge in [-0.2, -0.15) is 0 Å². The first kappa shape index (κ1) is 20.9. The zero-order valence-electron chi connectivity index (χ0n) is 17.7. The summed E-state index contributed by atoms with van der Waals surface area (Å²) >= 11 is 6.53. The summed E-state index contributed by atoms with van der Waals surface area (Å²) in [6, 6.07) is 7.70. The summed E-state index contributed by atoms with van der Waals surface area (Å²) in [5.41, 5.74) is 2.08. The van der Waals surface area contributed by atoms with Gasteiger partial charge in [0, 0.05) is 25.8 Å². The van der Waals surface area contributed by atoms with Gasteiger partial charge in [-0.25, -0.2) is 0 Å². The van der Waals surface area contributed by atoms with Gasteiger partial charge in [0.25, 0.3) is 5.91 Å². The number of carbonyl (C=O) groups excluding carboxylic acids is 2. The van der Waals surface area contributed by atoms with Crippen LogP contribution in [-0.4, -0.2) is 66.0 Å². The van der Waals surface area contributed by atoms with E-state index in [-0.39, 0.29) is 18.4 Å². The molecule has 0 saturated carbocycles. The summed E-state index contributed by atoms with van der Waals surface area (Å²) in [6.45, 7) is 2.10. The number of anilines is 3. The molecule has 2 aliphatic rings. The first-order chi connectivity index (χ1) is 14.4. The van der Waals surface area contributed by atoms with E-state index in [0.717, 1.165) is 25.9 Å². The summed E-state index contributed by atoms with van der Waals surface area (Å²) in [7, 11) is 5.89. The van der Waals surface area contributed by atoms with Crippen LogP contribution in [0.5, 0.6) is 0 Å². The highest BCUT2D eigenvalue weighted by atomic mass is 35.5. The number of likely N-dealkylation sites (N-methyl/N-ethyl adjacent to an activating group) is 1. The van der Waals surface area contributed by atoms with Crippen molar-refractivity contribution in [2.45, 2.75) is 25.3 Å². The maximum Gasteiger partial charge on any atom is 0.274 e. The topological polar surface area (TPSA) is 60.8 Å². The van der Waals surface area contributed by atoms with Crippen molar-refractivity contribution in [2.75, 3.05) is 43.9 Å². The molecule has 1 N–H and O–H groups in total. The number of para-hydroxylation sites is 2. The van der Waals surface area contributed by atoms with Crippen LogP contribution >= 0.6 is 11.6 Å². The van der Waals surface area contributed by atoms with Crippen molar-refractivity contribution in [1.82, 2.24) is 14.4 Å². The van der Waals surface area contributed by atoms with Gasteiger partial charge in [-0.15, -0.1) is 0 Å². The molecule has 1 fully saturated rings. The van der Waals surface area contributed by atoms with Crippen LogP contribution in [0, 0.1) is 0 Å². The van der Waals surface area contributed by atoms with E-state index in [1.54, 1.807) is 22.7 Å². The first-order valence-corrected chi connectivity index (χ1v) is 10.7. The number of amides is 2. The number of aromatic nitrogens is 1. The van der Waals surface area contributed by atoms with Gasteiger partial charge in [0.1, 0.15) is 5.69 Å². The molecule has 2 aliphatic heterocycles. The number of hydrogen-bond donors (Lipinski definition) is 1. The zero-order chi connectivity index (χ0) is 21.4. The SMILES string of the molecule is CN(C)CC1CCCCN1CC(=O)N1c2ccccc2NC(=O)c2c1c(Cl)cn2C. The number of nitrogens with one attached hydrogen (secondary N) is 1. The lowest BCUT2D eigenvalue weighted by molar-refractivity contribution is -0.120. The van der Waals surface area contributed by atoms with Gasteiger partial charge in [0.2, 0.25) is 5.91 Å². The molecule has 30 heavy (non-hydrogen) atoms. The molecule has 8 heteroatoms. The van der Waals surface area contributed by atoms with E-state index < -0.39 is 0 Å². The average Bonchev–Trinajstić information content (AvgIpc) is 2.90. The minimum absolute atomic E-state index is 0.0843. The highest BCUT2D eigenvalue weighted by Gasteiger charge is 2.35. The maximum atomic E-state index is 13.7. The number of halogens is 1. The summed E-state index contributed by atoms with van der Waals surface area (Å²) in [4.78, 5) is 32.7. The first-order valence-electron chi connectivity index (χ1n) is 10.3. The van der Waals surface area contributed by atoms with Crippen molar-refractivity contribution in [1.29, 1.82) is 0 Å². The Labute approximate surface area is 182 Å². The van der Waals surface area contributed by atoms with E-state index in [1.165, 1.54) is 6.42 Å². The summed E-state index contributed by atoms with van der Waals surface area (Å²) in [6.07, 6.45) is 5.03. The van der Waals surface area contributed by atoms with Gasteiger partial charge in [0.05, 0.1) is 28.6 Å². The molecule has 0 bridgehead atoms. The highest BCUT2D eigenvalue weighted by Crippen LogP contribution is 2.42. The Kier molecular flexibility index (Phi) is 5.86. The van der Waals surface area contributed by atoms with Gasteiger partial charge >= 0.3 is 0 Å². The molecule has 160 valence electrons. The Morgan fingerprint density at radius 3 is 2.80 bits per heavy atom. The molecule has 0 aliphatic carbocycles. The third-order valence-corrected chi connectivity index (χ3v) is 6.13. The number of nitrogens with zero attached hydrogens (tertiary/aromatic N) is 4. The molecule has 2 aromatic rings. The van der Waals surface area contributed by atoms with Crippen molar-refractivity contribution in [3.05, 3.63) is 41.2 Å². The van der Waals surface area contributed by atoms with E-state index in [0.29, 0.717) is 33.8 Å². The van der Waals surface area contributed by atoms with Crippen molar-refractivity contribution < 1.29 is 9.59 Å². The molecule has 1 aromatic heterocycles. The van der Waals surface area contributed by atoms with Crippen LogP contribution in [0.25, 0.3) is 0 Å². The smallest absolute Gasteiger partial charge is 0.274 e. The van der Waals surface area contributed by atoms with Crippen LogP contribution < -0.4 is 10.2 Å². The quantitative estimate of drug-likeness (QED) is 0.809. The third kappa shape index (κ3) is 3.85. The number of benzene rings is 1. The van der Waals surface area contributed by atoms with E-state index in [1.807, 2.05) is 24.3 Å². The highest BCUT2D eigenvalue weighted by molar-refractivity contribution is 6.36. The summed E-state index contributed by atoms with van der Waals surface area (Å²) < 4.78 is 1.68. The molecule has 1 unspecified atom stereocenters. The van der Waals surface area contributed by atoms with Crippen molar-refractivity contribution in [3.63, 3.8) is 0 Å². The molecule has 1 atom stereocenters. The van der Waals surface area contributed by atoms with Crippen LogP contribution in [-0.2, 0) is 11.8 Å². The van der Waals surface area contributed by atoms with Crippen LogP contribution in [0.2, 0.25) is 5.02 Å². The molecular weight excluding hydrogens is 402 g/mol. The second kappa shape index (κ2) is 8.41. The Hall–Kier alpha value is -2.35. The second-order valence-electron chi connectivity index (χ2n) is 8.37. The number of rotatable bonds is 4. The predicted molar refractivity (Wildman–Crippen MR) is 120 cm³/mol. The standard InChI is InChI=1S/C22H28ClN5O2/c1-25(2)12-15-8-6-7-11-27(15)14-19(29)28-18-10-5-4-9-17(18)24-22(30)21-20(28)16(23)13-26(21)3/h4-5,9-10,13,15H,6-8,11-12,14H2,1-3H3,(H,24,30).